The molecule has 2 fully saturated rings. The fourth-order valence-corrected chi connectivity index (χ4v) is 3.36. The molecule has 0 spiro atoms. The molecular weight excluding hydrogens is 310 g/mol. The zero-order valence-corrected chi connectivity index (χ0v) is 13.8. The van der Waals surface area contributed by atoms with Crippen molar-refractivity contribution in [3.63, 3.8) is 0 Å². The average Bonchev–Trinajstić information content (AvgIpc) is 3.33. The number of carboxylic acids is 1. The second-order valence-corrected chi connectivity index (χ2v) is 6.74. The van der Waals surface area contributed by atoms with Crippen LogP contribution in [0.5, 0.6) is 0 Å². The van der Waals surface area contributed by atoms with Crippen LogP contribution in [0.3, 0.4) is 0 Å². The maximum Gasteiger partial charge on any atom is 0.317 e. The molecule has 2 unspecified atom stereocenters. The minimum absolute atomic E-state index is 0.0616. The van der Waals surface area contributed by atoms with E-state index in [1.807, 2.05) is 12.1 Å². The molecule has 2 N–H and O–H groups in total. The molecule has 1 aromatic rings. The van der Waals surface area contributed by atoms with Crippen molar-refractivity contribution in [2.45, 2.75) is 25.3 Å². The maximum atomic E-state index is 12.6. The lowest BCUT2D eigenvalue weighted by Gasteiger charge is -2.26. The molecule has 7 heteroatoms. The molecule has 1 saturated heterocycles. The fraction of sp³-hybridized carbons (Fsp3) is 0.588. The second kappa shape index (κ2) is 6.76. The lowest BCUT2D eigenvalue weighted by atomic mass is 9.88. The summed E-state index contributed by atoms with van der Waals surface area (Å²) in [6, 6.07) is 3.55. The molecule has 3 rings (SSSR count). The molecule has 1 aliphatic carbocycles. The summed E-state index contributed by atoms with van der Waals surface area (Å²) in [5.74, 6) is -0.477. The number of hydrogen-bond donors (Lipinski definition) is 2. The van der Waals surface area contributed by atoms with Gasteiger partial charge in [-0.05, 0) is 36.8 Å². The van der Waals surface area contributed by atoms with Gasteiger partial charge in [-0.15, -0.1) is 0 Å². The van der Waals surface area contributed by atoms with Crippen molar-refractivity contribution >= 4 is 12.0 Å². The quantitative estimate of drug-likeness (QED) is 0.826. The molecule has 2 heterocycles. The van der Waals surface area contributed by atoms with Crippen LogP contribution < -0.4 is 5.32 Å². The Morgan fingerprint density at radius 1 is 1.54 bits per heavy atom. The molecule has 24 heavy (non-hydrogen) atoms. The van der Waals surface area contributed by atoms with E-state index in [9.17, 15) is 14.7 Å². The van der Waals surface area contributed by atoms with Crippen LogP contribution in [-0.4, -0.2) is 53.8 Å². The topological polar surface area (TPSA) is 91.8 Å². The van der Waals surface area contributed by atoms with Crippen LogP contribution in [0, 0.1) is 11.3 Å². The molecule has 1 aliphatic heterocycles. The lowest BCUT2D eigenvalue weighted by Crippen LogP contribution is -2.44. The first-order valence-corrected chi connectivity index (χ1v) is 8.23. The van der Waals surface area contributed by atoms with Gasteiger partial charge < -0.3 is 20.1 Å². The van der Waals surface area contributed by atoms with Gasteiger partial charge in [-0.2, -0.15) is 0 Å². The number of likely N-dealkylation sites (tertiary alicyclic amines) is 1. The standard InChI is InChI=1S/C17H23N3O4/c1-24-11-17(15(21)22)6-8-20(10-17)16(23)19-14(12-4-5-12)13-3-2-7-18-9-13/h2-3,7,9,12,14H,4-6,8,10-11H2,1H3,(H,19,23)(H,21,22). The van der Waals surface area contributed by atoms with Gasteiger partial charge in [0.2, 0.25) is 0 Å². The summed E-state index contributed by atoms with van der Waals surface area (Å²) in [4.78, 5) is 29.9. The third-order valence-electron chi connectivity index (χ3n) is 4.93. The number of aliphatic carboxylic acids is 1. The number of urea groups is 1. The van der Waals surface area contributed by atoms with Crippen molar-refractivity contribution in [3.8, 4) is 0 Å². The fourth-order valence-electron chi connectivity index (χ4n) is 3.36. The Bertz CT molecular complexity index is 605. The first-order valence-electron chi connectivity index (χ1n) is 8.23. The van der Waals surface area contributed by atoms with Gasteiger partial charge in [0, 0.05) is 32.6 Å². The van der Waals surface area contributed by atoms with Crippen molar-refractivity contribution in [1.29, 1.82) is 0 Å². The number of aromatic nitrogens is 1. The Balaban J connectivity index is 1.67. The highest BCUT2D eigenvalue weighted by atomic mass is 16.5. The normalized spacial score (nSPS) is 24.6. The zero-order valence-electron chi connectivity index (χ0n) is 13.8. The van der Waals surface area contributed by atoms with Gasteiger partial charge in [0.25, 0.3) is 0 Å². The highest BCUT2D eigenvalue weighted by molar-refractivity contribution is 5.80. The van der Waals surface area contributed by atoms with Crippen molar-refractivity contribution in [2.75, 3.05) is 26.8 Å². The van der Waals surface area contributed by atoms with E-state index in [1.54, 1.807) is 17.3 Å². The van der Waals surface area contributed by atoms with Crippen LogP contribution in [0.4, 0.5) is 4.79 Å². The summed E-state index contributed by atoms with van der Waals surface area (Å²) in [6.45, 7) is 0.707. The molecule has 1 aromatic heterocycles. The highest BCUT2D eigenvalue weighted by Gasteiger charge is 2.47. The number of rotatable bonds is 6. The maximum absolute atomic E-state index is 12.6. The summed E-state index contributed by atoms with van der Waals surface area (Å²) in [5.41, 5.74) is -0.0101. The van der Waals surface area contributed by atoms with Crippen LogP contribution >= 0.6 is 0 Å². The Morgan fingerprint density at radius 3 is 2.92 bits per heavy atom. The minimum atomic E-state index is -1.00. The smallest absolute Gasteiger partial charge is 0.317 e. The minimum Gasteiger partial charge on any atom is -0.481 e. The molecule has 2 amide bonds. The monoisotopic (exact) mass is 333 g/mol. The van der Waals surface area contributed by atoms with Gasteiger partial charge in [-0.1, -0.05) is 6.07 Å². The largest absolute Gasteiger partial charge is 0.481 e. The number of methoxy groups -OCH3 is 1. The van der Waals surface area contributed by atoms with E-state index < -0.39 is 11.4 Å². The van der Waals surface area contributed by atoms with Gasteiger partial charge in [-0.3, -0.25) is 9.78 Å². The van der Waals surface area contributed by atoms with E-state index in [-0.39, 0.29) is 25.2 Å². The zero-order chi connectivity index (χ0) is 17.2. The molecule has 2 aliphatic rings. The van der Waals surface area contributed by atoms with Crippen molar-refractivity contribution in [1.82, 2.24) is 15.2 Å². The Hall–Kier alpha value is -2.15. The van der Waals surface area contributed by atoms with Gasteiger partial charge in [0.15, 0.2) is 0 Å². The number of carbonyl (C=O) groups is 2. The molecule has 0 bridgehead atoms. The van der Waals surface area contributed by atoms with Crippen LogP contribution in [0.1, 0.15) is 30.9 Å². The van der Waals surface area contributed by atoms with E-state index in [0.29, 0.717) is 18.9 Å². The van der Waals surface area contributed by atoms with Crippen LogP contribution in [0.15, 0.2) is 24.5 Å². The number of ether oxygens (including phenoxy) is 1. The third-order valence-corrected chi connectivity index (χ3v) is 4.93. The van der Waals surface area contributed by atoms with Crippen LogP contribution in [0.2, 0.25) is 0 Å². The number of carboxylic acid groups (broad SMARTS) is 1. The van der Waals surface area contributed by atoms with E-state index in [0.717, 1.165) is 18.4 Å². The predicted octanol–water partition coefficient (Wildman–Crippen LogP) is 1.67. The second-order valence-electron chi connectivity index (χ2n) is 6.74. The van der Waals surface area contributed by atoms with Gasteiger partial charge >= 0.3 is 12.0 Å². The Morgan fingerprint density at radius 2 is 2.33 bits per heavy atom. The van der Waals surface area contributed by atoms with Gasteiger partial charge in [0.05, 0.1) is 12.6 Å². The Kier molecular flexibility index (Phi) is 4.71. The molecule has 2 atom stereocenters. The first-order chi connectivity index (χ1) is 11.6. The molecule has 0 aromatic carbocycles. The number of nitrogens with zero attached hydrogens (tertiary/aromatic N) is 2. The lowest BCUT2D eigenvalue weighted by molar-refractivity contribution is -0.151. The van der Waals surface area contributed by atoms with Crippen molar-refractivity contribution in [3.05, 3.63) is 30.1 Å². The van der Waals surface area contributed by atoms with E-state index in [2.05, 4.69) is 10.3 Å². The number of hydrogen-bond acceptors (Lipinski definition) is 4. The first kappa shape index (κ1) is 16.7. The third kappa shape index (κ3) is 3.36. The van der Waals surface area contributed by atoms with Gasteiger partial charge in [-0.25, -0.2) is 4.79 Å². The summed E-state index contributed by atoms with van der Waals surface area (Å²) >= 11 is 0. The average molecular weight is 333 g/mol. The molecule has 1 saturated carbocycles. The molecule has 130 valence electrons. The molecular formula is C17H23N3O4. The molecule has 7 nitrogen and oxygen atoms in total. The summed E-state index contributed by atoms with van der Waals surface area (Å²) in [6.07, 6.45) is 6.07. The van der Waals surface area contributed by atoms with E-state index in [1.165, 1.54) is 7.11 Å². The van der Waals surface area contributed by atoms with E-state index >= 15 is 0 Å². The predicted molar refractivity (Wildman–Crippen MR) is 86.4 cm³/mol. The van der Waals surface area contributed by atoms with Crippen LogP contribution in [0.25, 0.3) is 0 Å². The number of amides is 2. The van der Waals surface area contributed by atoms with E-state index in [4.69, 9.17) is 4.74 Å². The number of nitrogens with one attached hydrogen (secondary N) is 1. The number of carbonyl (C=O) groups excluding carboxylic acids is 1. The van der Waals surface area contributed by atoms with Crippen molar-refractivity contribution < 1.29 is 19.4 Å². The highest BCUT2D eigenvalue weighted by Crippen LogP contribution is 2.41. The van der Waals surface area contributed by atoms with Crippen LogP contribution in [-0.2, 0) is 9.53 Å². The Labute approximate surface area is 141 Å². The van der Waals surface area contributed by atoms with Crippen molar-refractivity contribution in [2.24, 2.45) is 11.3 Å². The molecule has 0 radical (unpaired) electrons. The summed E-state index contributed by atoms with van der Waals surface area (Å²) in [5, 5.41) is 12.6. The summed E-state index contributed by atoms with van der Waals surface area (Å²) < 4.78 is 5.07. The summed E-state index contributed by atoms with van der Waals surface area (Å²) in [7, 11) is 1.49. The SMILES string of the molecule is COCC1(C(=O)O)CCN(C(=O)NC(c2cccnc2)C2CC2)C1. The number of pyridine rings is 1. The van der Waals surface area contributed by atoms with Gasteiger partial charge in [0.1, 0.15) is 5.41 Å².